The summed E-state index contributed by atoms with van der Waals surface area (Å²) in [6.45, 7) is 11.5. The van der Waals surface area contributed by atoms with Crippen LogP contribution >= 0.6 is 0 Å². The zero-order chi connectivity index (χ0) is 14.6. The first-order chi connectivity index (χ1) is 8.88. The first-order valence-corrected chi connectivity index (χ1v) is 7.00. The van der Waals surface area contributed by atoms with Gasteiger partial charge in [-0.3, -0.25) is 0 Å². The molecule has 1 N–H and O–H groups in total. The first kappa shape index (κ1) is 15.8. The molecule has 0 radical (unpaired) electrons. The van der Waals surface area contributed by atoms with E-state index in [1.165, 1.54) is 0 Å². The second-order valence-electron chi connectivity index (χ2n) is 5.71. The van der Waals surface area contributed by atoms with Crippen LogP contribution in [0.15, 0.2) is 18.2 Å². The monoisotopic (exact) mass is 265 g/mol. The van der Waals surface area contributed by atoms with E-state index in [0.29, 0.717) is 12.0 Å². The summed E-state index contributed by atoms with van der Waals surface area (Å²) in [6, 6.07) is 6.33. The Morgan fingerprint density at radius 3 is 2.21 bits per heavy atom. The molecule has 0 aliphatic rings. The topological polar surface area (TPSA) is 32.7 Å². The van der Waals surface area contributed by atoms with E-state index in [9.17, 15) is 5.11 Å². The van der Waals surface area contributed by atoms with Crippen molar-refractivity contribution >= 4 is 5.69 Å². The number of methoxy groups -OCH3 is 1. The lowest BCUT2D eigenvalue weighted by Crippen LogP contribution is -2.35. The summed E-state index contributed by atoms with van der Waals surface area (Å²) in [5, 5.41) is 10.1. The molecule has 108 valence electrons. The standard InChI is InChI=1S/C16H27NO2/c1-11(2)10-17(12(3)4)14-8-7-9-15(19-6)16(14)13(5)18/h7-9,11-13,18H,10H2,1-6H3/t13-/m1/s1. The van der Waals surface area contributed by atoms with Crippen LogP contribution in [-0.4, -0.2) is 24.8 Å². The van der Waals surface area contributed by atoms with Gasteiger partial charge in [0.1, 0.15) is 5.75 Å². The van der Waals surface area contributed by atoms with Gasteiger partial charge in [-0.1, -0.05) is 19.9 Å². The molecule has 1 aromatic rings. The Bertz CT molecular complexity index is 400. The van der Waals surface area contributed by atoms with E-state index in [2.05, 4.69) is 38.7 Å². The number of aliphatic hydroxyl groups is 1. The van der Waals surface area contributed by atoms with Gasteiger partial charge in [0.2, 0.25) is 0 Å². The highest BCUT2D eigenvalue weighted by Gasteiger charge is 2.21. The number of anilines is 1. The molecule has 0 aliphatic heterocycles. The molecule has 0 spiro atoms. The summed E-state index contributed by atoms with van der Waals surface area (Å²) in [5.41, 5.74) is 1.94. The summed E-state index contributed by atoms with van der Waals surface area (Å²) >= 11 is 0. The maximum Gasteiger partial charge on any atom is 0.126 e. The van der Waals surface area contributed by atoms with E-state index in [0.717, 1.165) is 23.5 Å². The molecule has 0 heterocycles. The normalized spacial score (nSPS) is 12.9. The minimum atomic E-state index is -0.542. The second-order valence-corrected chi connectivity index (χ2v) is 5.71. The number of nitrogens with zero attached hydrogens (tertiary/aromatic N) is 1. The van der Waals surface area contributed by atoms with Crippen molar-refractivity contribution in [2.45, 2.75) is 46.8 Å². The van der Waals surface area contributed by atoms with Crippen molar-refractivity contribution in [2.24, 2.45) is 5.92 Å². The molecule has 0 saturated carbocycles. The van der Waals surface area contributed by atoms with Crippen molar-refractivity contribution in [3.63, 3.8) is 0 Å². The zero-order valence-corrected chi connectivity index (χ0v) is 13.0. The van der Waals surface area contributed by atoms with Crippen molar-refractivity contribution in [3.05, 3.63) is 23.8 Å². The zero-order valence-electron chi connectivity index (χ0n) is 13.0. The Balaban J connectivity index is 3.29. The van der Waals surface area contributed by atoms with Crippen molar-refractivity contribution in [1.29, 1.82) is 0 Å². The molecule has 0 unspecified atom stereocenters. The Morgan fingerprint density at radius 1 is 1.16 bits per heavy atom. The van der Waals surface area contributed by atoms with E-state index < -0.39 is 6.10 Å². The smallest absolute Gasteiger partial charge is 0.126 e. The molecular weight excluding hydrogens is 238 g/mol. The highest BCUT2D eigenvalue weighted by molar-refractivity contribution is 5.61. The lowest BCUT2D eigenvalue weighted by Gasteiger charge is -2.33. The van der Waals surface area contributed by atoms with Crippen LogP contribution in [0.2, 0.25) is 0 Å². The van der Waals surface area contributed by atoms with Crippen LogP contribution in [0.3, 0.4) is 0 Å². The number of benzene rings is 1. The Kier molecular flexibility index (Phi) is 5.67. The molecule has 3 nitrogen and oxygen atoms in total. The molecule has 1 aromatic carbocycles. The van der Waals surface area contributed by atoms with Crippen molar-refractivity contribution in [1.82, 2.24) is 0 Å². The molecule has 0 amide bonds. The highest BCUT2D eigenvalue weighted by atomic mass is 16.5. The number of hydrogen-bond acceptors (Lipinski definition) is 3. The van der Waals surface area contributed by atoms with Gasteiger partial charge < -0.3 is 14.7 Å². The maximum atomic E-state index is 10.1. The summed E-state index contributed by atoms with van der Waals surface area (Å²) in [4.78, 5) is 2.33. The summed E-state index contributed by atoms with van der Waals surface area (Å²) < 4.78 is 5.40. The number of hydrogen-bond donors (Lipinski definition) is 1. The Hall–Kier alpha value is -1.22. The summed E-state index contributed by atoms with van der Waals surface area (Å²) in [5.74, 6) is 1.32. The average Bonchev–Trinajstić information content (AvgIpc) is 2.34. The van der Waals surface area contributed by atoms with Crippen LogP contribution in [-0.2, 0) is 0 Å². The van der Waals surface area contributed by atoms with Crippen LogP contribution in [0.5, 0.6) is 5.75 Å². The van der Waals surface area contributed by atoms with Gasteiger partial charge in [-0.05, 0) is 38.8 Å². The molecule has 3 heteroatoms. The van der Waals surface area contributed by atoms with E-state index >= 15 is 0 Å². The van der Waals surface area contributed by atoms with Crippen LogP contribution in [0.25, 0.3) is 0 Å². The molecule has 1 rings (SSSR count). The largest absolute Gasteiger partial charge is 0.496 e. The molecule has 1 atom stereocenters. The van der Waals surface area contributed by atoms with Gasteiger partial charge >= 0.3 is 0 Å². The predicted molar refractivity (Wildman–Crippen MR) is 80.9 cm³/mol. The van der Waals surface area contributed by atoms with Crippen LogP contribution in [0, 0.1) is 5.92 Å². The van der Waals surface area contributed by atoms with Gasteiger partial charge in [0, 0.05) is 23.8 Å². The van der Waals surface area contributed by atoms with Crippen LogP contribution in [0.1, 0.15) is 46.3 Å². The van der Waals surface area contributed by atoms with Crippen molar-refractivity contribution < 1.29 is 9.84 Å². The number of aliphatic hydroxyl groups excluding tert-OH is 1. The summed E-state index contributed by atoms with van der Waals surface area (Å²) in [6.07, 6.45) is -0.542. The van der Waals surface area contributed by atoms with E-state index in [-0.39, 0.29) is 0 Å². The number of rotatable bonds is 6. The molecule has 19 heavy (non-hydrogen) atoms. The second kappa shape index (κ2) is 6.80. The van der Waals surface area contributed by atoms with Gasteiger partial charge in [-0.25, -0.2) is 0 Å². The fourth-order valence-electron chi connectivity index (χ4n) is 2.36. The van der Waals surface area contributed by atoms with Gasteiger partial charge in [-0.15, -0.1) is 0 Å². The Labute approximate surface area is 117 Å². The highest BCUT2D eigenvalue weighted by Crippen LogP contribution is 2.35. The SMILES string of the molecule is COc1cccc(N(CC(C)C)C(C)C)c1[C@@H](C)O. The summed E-state index contributed by atoms with van der Waals surface area (Å²) in [7, 11) is 1.65. The van der Waals surface area contributed by atoms with E-state index in [1.807, 2.05) is 12.1 Å². The van der Waals surface area contributed by atoms with Gasteiger partial charge in [0.25, 0.3) is 0 Å². The van der Waals surface area contributed by atoms with Crippen LogP contribution in [0.4, 0.5) is 5.69 Å². The quantitative estimate of drug-likeness (QED) is 0.852. The van der Waals surface area contributed by atoms with Crippen molar-refractivity contribution in [2.75, 3.05) is 18.6 Å². The van der Waals surface area contributed by atoms with Gasteiger partial charge in [0.15, 0.2) is 0 Å². The van der Waals surface area contributed by atoms with Crippen LogP contribution < -0.4 is 9.64 Å². The predicted octanol–water partition coefficient (Wildman–Crippen LogP) is 3.62. The lowest BCUT2D eigenvalue weighted by atomic mass is 10.0. The molecule has 0 saturated heterocycles. The maximum absolute atomic E-state index is 10.1. The fourth-order valence-corrected chi connectivity index (χ4v) is 2.36. The lowest BCUT2D eigenvalue weighted by molar-refractivity contribution is 0.194. The molecule has 0 aromatic heterocycles. The molecule has 0 bridgehead atoms. The first-order valence-electron chi connectivity index (χ1n) is 7.00. The third-order valence-corrected chi connectivity index (χ3v) is 3.18. The van der Waals surface area contributed by atoms with Gasteiger partial charge in [0.05, 0.1) is 13.2 Å². The molecule has 0 aliphatic carbocycles. The number of ether oxygens (including phenoxy) is 1. The minimum Gasteiger partial charge on any atom is -0.496 e. The van der Waals surface area contributed by atoms with E-state index in [1.54, 1.807) is 14.0 Å². The average molecular weight is 265 g/mol. The minimum absolute atomic E-state index is 0.381. The van der Waals surface area contributed by atoms with Gasteiger partial charge in [-0.2, -0.15) is 0 Å². The molecule has 0 fully saturated rings. The Morgan fingerprint density at radius 2 is 1.79 bits per heavy atom. The van der Waals surface area contributed by atoms with Crippen molar-refractivity contribution in [3.8, 4) is 5.75 Å². The fraction of sp³-hybridized carbons (Fsp3) is 0.625. The third-order valence-electron chi connectivity index (χ3n) is 3.18. The van der Waals surface area contributed by atoms with E-state index in [4.69, 9.17) is 4.74 Å². The molecular formula is C16H27NO2. The third kappa shape index (κ3) is 3.87.